The van der Waals surface area contributed by atoms with Crippen molar-refractivity contribution in [2.24, 2.45) is 0 Å². The van der Waals surface area contributed by atoms with Gasteiger partial charge < -0.3 is 15.7 Å². The summed E-state index contributed by atoms with van der Waals surface area (Å²) in [4.78, 5) is 12.0. The fraction of sp³-hybridized carbons (Fsp3) is 0.562. The van der Waals surface area contributed by atoms with Gasteiger partial charge in [-0.25, -0.2) is 0 Å². The van der Waals surface area contributed by atoms with Crippen LogP contribution in [0.5, 0.6) is 0 Å². The highest BCUT2D eigenvalue weighted by molar-refractivity contribution is 5.91. The van der Waals surface area contributed by atoms with Gasteiger partial charge in [-0.15, -0.1) is 0 Å². The third-order valence-electron chi connectivity index (χ3n) is 3.97. The van der Waals surface area contributed by atoms with Gasteiger partial charge in [-0.3, -0.25) is 4.79 Å². The van der Waals surface area contributed by atoms with E-state index in [4.69, 9.17) is 0 Å². The van der Waals surface area contributed by atoms with E-state index in [1.165, 1.54) is 0 Å². The summed E-state index contributed by atoms with van der Waals surface area (Å²) < 4.78 is 0. The van der Waals surface area contributed by atoms with Crippen molar-refractivity contribution >= 4 is 11.6 Å². The van der Waals surface area contributed by atoms with Crippen molar-refractivity contribution in [1.82, 2.24) is 5.32 Å². The highest BCUT2D eigenvalue weighted by Crippen LogP contribution is 2.30. The molecule has 0 radical (unpaired) electrons. The quantitative estimate of drug-likeness (QED) is 0.746. The van der Waals surface area contributed by atoms with E-state index in [9.17, 15) is 9.90 Å². The van der Waals surface area contributed by atoms with Crippen molar-refractivity contribution < 1.29 is 9.90 Å². The SMILES string of the molecule is Cc1ccccc1NC(=O)CC(C)NCC1(O)CCC1. The minimum Gasteiger partial charge on any atom is -0.389 e. The molecule has 0 spiro atoms. The minimum atomic E-state index is -0.541. The maximum absolute atomic E-state index is 12.0. The molecule has 0 bridgehead atoms. The molecule has 1 unspecified atom stereocenters. The molecule has 110 valence electrons. The van der Waals surface area contributed by atoms with Gasteiger partial charge in [0.1, 0.15) is 0 Å². The smallest absolute Gasteiger partial charge is 0.225 e. The van der Waals surface area contributed by atoms with Gasteiger partial charge in [-0.05, 0) is 44.7 Å². The van der Waals surface area contributed by atoms with E-state index in [1.807, 2.05) is 38.1 Å². The number of benzene rings is 1. The lowest BCUT2D eigenvalue weighted by atomic mass is 9.80. The van der Waals surface area contributed by atoms with Crippen LogP contribution in [0.1, 0.15) is 38.2 Å². The second kappa shape index (κ2) is 6.37. The Kier molecular flexibility index (Phi) is 4.78. The van der Waals surface area contributed by atoms with Crippen LogP contribution in [0.15, 0.2) is 24.3 Å². The van der Waals surface area contributed by atoms with Gasteiger partial charge in [-0.1, -0.05) is 18.2 Å². The van der Waals surface area contributed by atoms with Gasteiger partial charge in [-0.2, -0.15) is 0 Å². The molecule has 1 aromatic rings. The second-order valence-corrected chi connectivity index (χ2v) is 5.93. The molecule has 1 amide bonds. The van der Waals surface area contributed by atoms with Gasteiger partial charge in [0.05, 0.1) is 5.60 Å². The molecule has 1 fully saturated rings. The Hall–Kier alpha value is -1.39. The molecule has 20 heavy (non-hydrogen) atoms. The first-order chi connectivity index (χ1) is 9.48. The first-order valence-corrected chi connectivity index (χ1v) is 7.30. The first-order valence-electron chi connectivity index (χ1n) is 7.30. The summed E-state index contributed by atoms with van der Waals surface area (Å²) in [6, 6.07) is 7.81. The Morgan fingerprint density at radius 2 is 2.10 bits per heavy atom. The number of aliphatic hydroxyl groups is 1. The molecule has 0 saturated heterocycles. The number of nitrogens with one attached hydrogen (secondary N) is 2. The van der Waals surface area contributed by atoms with E-state index in [2.05, 4.69) is 10.6 Å². The molecule has 3 N–H and O–H groups in total. The predicted octanol–water partition coefficient (Wildman–Crippen LogP) is 2.22. The molecular weight excluding hydrogens is 252 g/mol. The zero-order chi connectivity index (χ0) is 14.6. The zero-order valence-corrected chi connectivity index (χ0v) is 12.3. The van der Waals surface area contributed by atoms with Gasteiger partial charge in [0, 0.05) is 24.7 Å². The lowest BCUT2D eigenvalue weighted by Gasteiger charge is -2.37. The molecule has 1 aliphatic rings. The van der Waals surface area contributed by atoms with Gasteiger partial charge in [0.25, 0.3) is 0 Å². The summed E-state index contributed by atoms with van der Waals surface area (Å²) in [5.74, 6) is -0.0000933. The number of carbonyl (C=O) groups excluding carboxylic acids is 1. The van der Waals surface area contributed by atoms with Gasteiger partial charge >= 0.3 is 0 Å². The average molecular weight is 276 g/mol. The van der Waals surface area contributed by atoms with Crippen LogP contribution in [0.4, 0.5) is 5.69 Å². The van der Waals surface area contributed by atoms with Crippen molar-refractivity contribution in [3.8, 4) is 0 Å². The summed E-state index contributed by atoms with van der Waals surface area (Å²) in [7, 11) is 0. The van der Waals surface area contributed by atoms with Gasteiger partial charge in [0.15, 0.2) is 0 Å². The van der Waals surface area contributed by atoms with Crippen LogP contribution in [0.3, 0.4) is 0 Å². The normalized spacial score (nSPS) is 18.1. The van der Waals surface area contributed by atoms with Crippen LogP contribution in [-0.4, -0.2) is 29.2 Å². The third-order valence-corrected chi connectivity index (χ3v) is 3.97. The van der Waals surface area contributed by atoms with E-state index in [0.717, 1.165) is 30.5 Å². The molecule has 1 aromatic carbocycles. The Bertz CT molecular complexity index is 469. The molecule has 4 nitrogen and oxygen atoms in total. The van der Waals surface area contributed by atoms with E-state index in [1.54, 1.807) is 0 Å². The maximum atomic E-state index is 12.0. The van der Waals surface area contributed by atoms with E-state index in [-0.39, 0.29) is 11.9 Å². The fourth-order valence-corrected chi connectivity index (χ4v) is 2.39. The molecule has 4 heteroatoms. The monoisotopic (exact) mass is 276 g/mol. The topological polar surface area (TPSA) is 61.4 Å². The van der Waals surface area contributed by atoms with E-state index in [0.29, 0.717) is 13.0 Å². The van der Waals surface area contributed by atoms with Crippen molar-refractivity contribution in [1.29, 1.82) is 0 Å². The van der Waals surface area contributed by atoms with Crippen molar-refractivity contribution in [2.45, 2.75) is 51.2 Å². The van der Waals surface area contributed by atoms with Crippen LogP contribution in [0.25, 0.3) is 0 Å². The number of carbonyl (C=O) groups is 1. The molecule has 0 aliphatic heterocycles. The van der Waals surface area contributed by atoms with Crippen LogP contribution in [0, 0.1) is 6.92 Å². The van der Waals surface area contributed by atoms with Gasteiger partial charge in [0.2, 0.25) is 5.91 Å². The number of para-hydroxylation sites is 1. The number of amides is 1. The van der Waals surface area contributed by atoms with Crippen molar-refractivity contribution in [3.63, 3.8) is 0 Å². The summed E-state index contributed by atoms with van der Waals surface area (Å²) in [6.07, 6.45) is 3.23. The van der Waals surface area contributed by atoms with Crippen LogP contribution in [-0.2, 0) is 4.79 Å². The Morgan fingerprint density at radius 3 is 2.70 bits per heavy atom. The summed E-state index contributed by atoms with van der Waals surface area (Å²) in [6.45, 7) is 4.52. The lowest BCUT2D eigenvalue weighted by Crippen LogP contribution is -2.48. The molecule has 0 heterocycles. The van der Waals surface area contributed by atoms with Crippen LogP contribution in [0.2, 0.25) is 0 Å². The zero-order valence-electron chi connectivity index (χ0n) is 12.3. The Morgan fingerprint density at radius 1 is 1.40 bits per heavy atom. The molecule has 1 aliphatic carbocycles. The molecule has 2 rings (SSSR count). The largest absolute Gasteiger partial charge is 0.389 e. The predicted molar refractivity (Wildman–Crippen MR) is 80.7 cm³/mol. The van der Waals surface area contributed by atoms with Crippen molar-refractivity contribution in [3.05, 3.63) is 29.8 Å². The highest BCUT2D eigenvalue weighted by atomic mass is 16.3. The van der Waals surface area contributed by atoms with E-state index < -0.39 is 5.60 Å². The summed E-state index contributed by atoms with van der Waals surface area (Å²) >= 11 is 0. The molecular formula is C16H24N2O2. The maximum Gasteiger partial charge on any atom is 0.225 e. The summed E-state index contributed by atoms with van der Waals surface area (Å²) in [5, 5.41) is 16.2. The Labute approximate surface area is 120 Å². The first kappa shape index (κ1) is 15.0. The number of aryl methyl sites for hydroxylation is 1. The highest BCUT2D eigenvalue weighted by Gasteiger charge is 2.34. The fourth-order valence-electron chi connectivity index (χ4n) is 2.39. The minimum absolute atomic E-state index is 0.0000933. The molecule has 1 atom stereocenters. The van der Waals surface area contributed by atoms with Crippen LogP contribution < -0.4 is 10.6 Å². The standard InChI is InChI=1S/C16H24N2O2/c1-12-6-3-4-7-14(12)18-15(19)10-13(2)17-11-16(20)8-5-9-16/h3-4,6-7,13,17,20H,5,8-11H2,1-2H3,(H,18,19). The number of rotatable bonds is 6. The van der Waals surface area contributed by atoms with Crippen LogP contribution >= 0.6 is 0 Å². The Balaban J connectivity index is 1.75. The molecule has 0 aromatic heterocycles. The lowest BCUT2D eigenvalue weighted by molar-refractivity contribution is -0.116. The third kappa shape index (κ3) is 4.05. The summed E-state index contributed by atoms with van der Waals surface area (Å²) in [5.41, 5.74) is 1.38. The number of anilines is 1. The number of hydrogen-bond acceptors (Lipinski definition) is 3. The molecule has 1 saturated carbocycles. The van der Waals surface area contributed by atoms with Crippen molar-refractivity contribution in [2.75, 3.05) is 11.9 Å². The van der Waals surface area contributed by atoms with E-state index >= 15 is 0 Å². The second-order valence-electron chi connectivity index (χ2n) is 5.93. The average Bonchev–Trinajstić information content (AvgIpc) is 2.37. The number of hydrogen-bond donors (Lipinski definition) is 3.